The van der Waals surface area contributed by atoms with Gasteiger partial charge in [0.15, 0.2) is 0 Å². The molecule has 0 aliphatic heterocycles. The summed E-state index contributed by atoms with van der Waals surface area (Å²) < 4.78 is 4.89. The molecule has 0 radical (unpaired) electrons. The maximum Gasteiger partial charge on any atom is 0.316 e. The number of hydrogen-bond donors (Lipinski definition) is 0. The van der Waals surface area contributed by atoms with E-state index >= 15 is 0 Å². The predicted octanol–water partition coefficient (Wildman–Crippen LogP) is 2.89. The maximum atomic E-state index is 11.2. The van der Waals surface area contributed by atoms with Crippen LogP contribution in [0.15, 0.2) is 12.3 Å². The van der Waals surface area contributed by atoms with Gasteiger partial charge >= 0.3 is 5.97 Å². The van der Waals surface area contributed by atoms with Crippen molar-refractivity contribution in [2.24, 2.45) is 5.41 Å². The average Bonchev–Trinajstić information content (AvgIpc) is 1.96. The highest BCUT2D eigenvalue weighted by Gasteiger charge is 2.21. The first-order valence-corrected chi connectivity index (χ1v) is 4.34. The standard InChI is InChI=1S/C10H18O2/c1-5-6-7-8-12-9(11)10(2,3)4/h7-8H,5-6H2,1-4H3/b8-7-. The van der Waals surface area contributed by atoms with Gasteiger partial charge in [0.2, 0.25) is 0 Å². The van der Waals surface area contributed by atoms with E-state index in [1.165, 1.54) is 6.26 Å². The van der Waals surface area contributed by atoms with E-state index in [1.807, 2.05) is 26.8 Å². The van der Waals surface area contributed by atoms with Crippen molar-refractivity contribution in [3.63, 3.8) is 0 Å². The van der Waals surface area contributed by atoms with Crippen molar-refractivity contribution in [3.8, 4) is 0 Å². The summed E-state index contributed by atoms with van der Waals surface area (Å²) in [6.07, 6.45) is 5.38. The molecule has 0 rings (SSSR count). The average molecular weight is 170 g/mol. The molecule has 0 N–H and O–H groups in total. The molecule has 0 amide bonds. The van der Waals surface area contributed by atoms with Crippen LogP contribution in [0.3, 0.4) is 0 Å². The lowest BCUT2D eigenvalue weighted by Crippen LogP contribution is -2.20. The normalized spacial score (nSPS) is 12.0. The van der Waals surface area contributed by atoms with Crippen LogP contribution in [0.2, 0.25) is 0 Å². The van der Waals surface area contributed by atoms with Gasteiger partial charge in [0.25, 0.3) is 0 Å². The van der Waals surface area contributed by atoms with Crippen LogP contribution in [0.1, 0.15) is 40.5 Å². The molecule has 0 heterocycles. The van der Waals surface area contributed by atoms with Crippen LogP contribution in [0, 0.1) is 5.41 Å². The third-order valence-corrected chi connectivity index (χ3v) is 1.34. The lowest BCUT2D eigenvalue weighted by atomic mass is 9.98. The molecule has 2 heteroatoms. The van der Waals surface area contributed by atoms with Gasteiger partial charge in [0.05, 0.1) is 11.7 Å². The summed E-state index contributed by atoms with van der Waals surface area (Å²) in [5, 5.41) is 0. The monoisotopic (exact) mass is 170 g/mol. The van der Waals surface area contributed by atoms with Gasteiger partial charge in [-0.2, -0.15) is 0 Å². The number of allylic oxidation sites excluding steroid dienone is 1. The van der Waals surface area contributed by atoms with Crippen molar-refractivity contribution in [3.05, 3.63) is 12.3 Å². The summed E-state index contributed by atoms with van der Waals surface area (Å²) in [6.45, 7) is 7.59. The van der Waals surface area contributed by atoms with Crippen molar-refractivity contribution < 1.29 is 9.53 Å². The fourth-order valence-electron chi connectivity index (χ4n) is 0.521. The van der Waals surface area contributed by atoms with Crippen LogP contribution in [0.4, 0.5) is 0 Å². The summed E-state index contributed by atoms with van der Waals surface area (Å²) in [5.74, 6) is -0.185. The highest BCUT2D eigenvalue weighted by Crippen LogP contribution is 2.15. The van der Waals surface area contributed by atoms with Crippen LogP contribution in [-0.4, -0.2) is 5.97 Å². The summed E-state index contributed by atoms with van der Waals surface area (Å²) in [6, 6.07) is 0. The molecule has 0 aliphatic carbocycles. The lowest BCUT2D eigenvalue weighted by Gasteiger charge is -2.13. The number of hydrogen-bond acceptors (Lipinski definition) is 2. The van der Waals surface area contributed by atoms with Crippen molar-refractivity contribution in [2.45, 2.75) is 40.5 Å². The van der Waals surface area contributed by atoms with E-state index in [0.29, 0.717) is 0 Å². The molecule has 0 unspecified atom stereocenters. The van der Waals surface area contributed by atoms with E-state index in [2.05, 4.69) is 6.92 Å². The van der Waals surface area contributed by atoms with Crippen molar-refractivity contribution in [2.75, 3.05) is 0 Å². The highest BCUT2D eigenvalue weighted by molar-refractivity contribution is 5.75. The summed E-state index contributed by atoms with van der Waals surface area (Å²) in [5.41, 5.74) is -0.406. The molecule has 0 saturated heterocycles. The van der Waals surface area contributed by atoms with Gasteiger partial charge in [-0.05, 0) is 33.3 Å². The minimum absolute atomic E-state index is 0.185. The van der Waals surface area contributed by atoms with Gasteiger partial charge < -0.3 is 4.74 Å². The number of carbonyl (C=O) groups is 1. The number of ether oxygens (including phenoxy) is 1. The second-order valence-electron chi connectivity index (χ2n) is 3.82. The molecule has 0 spiro atoms. The first-order chi connectivity index (χ1) is 5.48. The first kappa shape index (κ1) is 11.2. The lowest BCUT2D eigenvalue weighted by molar-refractivity contribution is -0.146. The van der Waals surface area contributed by atoms with E-state index in [-0.39, 0.29) is 5.97 Å². The third-order valence-electron chi connectivity index (χ3n) is 1.34. The fourth-order valence-corrected chi connectivity index (χ4v) is 0.521. The molecular weight excluding hydrogens is 152 g/mol. The zero-order chi connectivity index (χ0) is 9.61. The van der Waals surface area contributed by atoms with E-state index in [0.717, 1.165) is 12.8 Å². The smallest absolute Gasteiger partial charge is 0.316 e. The molecule has 2 nitrogen and oxygen atoms in total. The van der Waals surface area contributed by atoms with Crippen molar-refractivity contribution in [1.82, 2.24) is 0 Å². The van der Waals surface area contributed by atoms with Gasteiger partial charge in [-0.15, -0.1) is 0 Å². The molecule has 0 aromatic carbocycles. The Kier molecular flexibility index (Phi) is 4.64. The number of carbonyl (C=O) groups excluding carboxylic acids is 1. The largest absolute Gasteiger partial charge is 0.434 e. The molecule has 0 fully saturated rings. The molecule has 0 aromatic heterocycles. The Hall–Kier alpha value is -0.790. The Morgan fingerprint density at radius 3 is 2.42 bits per heavy atom. The Balaban J connectivity index is 3.72. The molecule has 0 saturated carbocycles. The summed E-state index contributed by atoms with van der Waals surface area (Å²) in [4.78, 5) is 11.2. The van der Waals surface area contributed by atoms with Gasteiger partial charge in [-0.1, -0.05) is 13.3 Å². The van der Waals surface area contributed by atoms with Gasteiger partial charge in [-0.25, -0.2) is 0 Å². The van der Waals surface area contributed by atoms with Crippen LogP contribution < -0.4 is 0 Å². The second-order valence-corrected chi connectivity index (χ2v) is 3.82. The summed E-state index contributed by atoms with van der Waals surface area (Å²) >= 11 is 0. The molecule has 0 atom stereocenters. The topological polar surface area (TPSA) is 26.3 Å². The maximum absolute atomic E-state index is 11.2. The molecule has 70 valence electrons. The number of unbranched alkanes of at least 4 members (excludes halogenated alkanes) is 1. The zero-order valence-corrected chi connectivity index (χ0v) is 8.39. The van der Waals surface area contributed by atoms with E-state index in [9.17, 15) is 4.79 Å². The second kappa shape index (κ2) is 4.96. The predicted molar refractivity (Wildman–Crippen MR) is 49.6 cm³/mol. The van der Waals surface area contributed by atoms with Gasteiger partial charge in [0.1, 0.15) is 0 Å². The van der Waals surface area contributed by atoms with Crippen molar-refractivity contribution in [1.29, 1.82) is 0 Å². The van der Waals surface area contributed by atoms with Crippen LogP contribution in [-0.2, 0) is 9.53 Å². The van der Waals surface area contributed by atoms with Gasteiger partial charge in [0, 0.05) is 0 Å². The molecular formula is C10H18O2. The van der Waals surface area contributed by atoms with Crippen LogP contribution >= 0.6 is 0 Å². The van der Waals surface area contributed by atoms with Crippen LogP contribution in [0.25, 0.3) is 0 Å². The Bertz CT molecular complexity index is 163. The Morgan fingerprint density at radius 1 is 1.42 bits per heavy atom. The van der Waals surface area contributed by atoms with Gasteiger partial charge in [-0.3, -0.25) is 4.79 Å². The van der Waals surface area contributed by atoms with E-state index in [1.54, 1.807) is 0 Å². The SMILES string of the molecule is CCC/C=C\OC(=O)C(C)(C)C. The quantitative estimate of drug-likeness (QED) is 0.481. The molecule has 0 aromatic rings. The molecule has 0 bridgehead atoms. The highest BCUT2D eigenvalue weighted by atomic mass is 16.5. The third kappa shape index (κ3) is 4.94. The minimum atomic E-state index is -0.406. The Morgan fingerprint density at radius 2 is 2.00 bits per heavy atom. The van der Waals surface area contributed by atoms with E-state index in [4.69, 9.17) is 4.74 Å². The molecule has 12 heavy (non-hydrogen) atoms. The Labute approximate surface area is 74.6 Å². The number of esters is 1. The fraction of sp³-hybridized carbons (Fsp3) is 0.700. The minimum Gasteiger partial charge on any atom is -0.434 e. The molecule has 0 aliphatic rings. The van der Waals surface area contributed by atoms with Crippen LogP contribution in [0.5, 0.6) is 0 Å². The zero-order valence-electron chi connectivity index (χ0n) is 8.39. The number of rotatable bonds is 3. The first-order valence-electron chi connectivity index (χ1n) is 4.34. The van der Waals surface area contributed by atoms with E-state index < -0.39 is 5.41 Å². The van der Waals surface area contributed by atoms with Crippen molar-refractivity contribution >= 4 is 5.97 Å². The summed E-state index contributed by atoms with van der Waals surface area (Å²) in [7, 11) is 0.